The second kappa shape index (κ2) is 21.7. The van der Waals surface area contributed by atoms with Gasteiger partial charge < -0.3 is 59.9 Å². The van der Waals surface area contributed by atoms with Crippen molar-refractivity contribution in [3.05, 3.63) is 99.6 Å². The van der Waals surface area contributed by atoms with E-state index in [1.54, 1.807) is 17.0 Å². The first-order chi connectivity index (χ1) is 39.5. The maximum Gasteiger partial charge on any atom is 0.254 e. The Labute approximate surface area is 474 Å². The number of phenols is 1. The molecule has 6 aliphatic carbocycles. The van der Waals surface area contributed by atoms with Crippen molar-refractivity contribution in [2.24, 2.45) is 41.4 Å². The van der Waals surface area contributed by atoms with Gasteiger partial charge in [0.15, 0.2) is 17.7 Å². The summed E-state index contributed by atoms with van der Waals surface area (Å²) < 4.78 is 32.2. The van der Waals surface area contributed by atoms with Gasteiger partial charge in [-0.1, -0.05) is 50.5 Å². The minimum absolute atomic E-state index is 0.0392. The standard InChI is InChI=1S/C65H80N4O12/c1-4-67-34-81-51-29-49(78-23-21-66-2)41-14-15-42-57-48(68-63(76)60(51)59(41)57)28-50-58(42)61(74)44(33-80-50)37-26-52(77-3)62(75)53(27-37)79-32-38(31-71)65-30-47(64(19-8-5-9-20-64)69-54(72)16-17-55(69)73)40-13-12-35(18-22-70)43-24-36(25-46(65)56(40)43)39-10-6-7-11-45(39)65/h6-7,10-11,16-17,26-29,35-36,38,40,43-44,46-47,56,61,63,66-68,70-71,74-76H,4-5,8-9,12-15,18-25,30-34H2,1-3H3. The first kappa shape index (κ1) is 54.4. The van der Waals surface area contributed by atoms with Gasteiger partial charge >= 0.3 is 0 Å². The van der Waals surface area contributed by atoms with Crippen molar-refractivity contribution in [3.8, 4) is 45.6 Å². The fourth-order valence-corrected chi connectivity index (χ4v) is 18.3. The predicted molar refractivity (Wildman–Crippen MR) is 304 cm³/mol. The lowest BCUT2D eigenvalue weighted by Crippen LogP contribution is -2.69. The van der Waals surface area contributed by atoms with Crippen molar-refractivity contribution >= 4 is 17.5 Å². The summed E-state index contributed by atoms with van der Waals surface area (Å²) in [5.41, 5.74) is 7.37. The number of carbonyl (C=O) groups excluding carboxylic acids is 2. The summed E-state index contributed by atoms with van der Waals surface area (Å²) in [6.45, 7) is 4.08. The Morgan fingerprint density at radius 2 is 1.65 bits per heavy atom. The van der Waals surface area contributed by atoms with E-state index in [-0.39, 0.29) is 85.9 Å². The van der Waals surface area contributed by atoms with Crippen LogP contribution in [-0.4, -0.2) is 115 Å². The molecule has 8 N–H and O–H groups in total. The molecule has 12 atom stereocenters. The number of rotatable bonds is 19. The van der Waals surface area contributed by atoms with Crippen LogP contribution < -0.4 is 39.6 Å². The number of amides is 2. The second-order valence-electron chi connectivity index (χ2n) is 24.8. The van der Waals surface area contributed by atoms with Crippen molar-refractivity contribution < 1.29 is 58.8 Å². The van der Waals surface area contributed by atoms with Gasteiger partial charge in [0.2, 0.25) is 5.75 Å². The molecule has 81 heavy (non-hydrogen) atoms. The minimum atomic E-state index is -1.08. The topological polar surface area (TPSA) is 221 Å². The molecule has 4 aromatic rings. The molecule has 0 saturated heterocycles. The highest BCUT2D eigenvalue weighted by Crippen LogP contribution is 2.72. The number of aromatic hydroxyl groups is 1. The third kappa shape index (κ3) is 8.57. The lowest BCUT2D eigenvalue weighted by molar-refractivity contribution is -0.178. The molecule has 0 radical (unpaired) electrons. The Kier molecular flexibility index (Phi) is 14.6. The smallest absolute Gasteiger partial charge is 0.254 e. The molecule has 0 aromatic heterocycles. The Hall–Kier alpha value is -5.88. The van der Waals surface area contributed by atoms with E-state index in [0.29, 0.717) is 96.3 Å². The second-order valence-corrected chi connectivity index (χ2v) is 24.8. The van der Waals surface area contributed by atoms with Crippen LogP contribution in [0.1, 0.15) is 141 Å². The number of fused-ring (bicyclic) bond motifs is 6. The number of hydrogen-bond donors (Lipinski definition) is 8. The summed E-state index contributed by atoms with van der Waals surface area (Å²) in [7, 11) is 3.37. The van der Waals surface area contributed by atoms with Crippen LogP contribution in [0.2, 0.25) is 0 Å². The lowest BCUT2D eigenvalue weighted by Gasteiger charge is -2.69. The van der Waals surface area contributed by atoms with Gasteiger partial charge in [0.1, 0.15) is 30.6 Å². The van der Waals surface area contributed by atoms with E-state index in [1.165, 1.54) is 30.4 Å². The molecule has 0 spiro atoms. The zero-order chi connectivity index (χ0) is 55.9. The highest BCUT2D eigenvalue weighted by molar-refractivity contribution is 6.13. The van der Waals surface area contributed by atoms with Crippen LogP contribution in [0.4, 0.5) is 5.69 Å². The molecule has 3 aliphatic heterocycles. The van der Waals surface area contributed by atoms with Crippen molar-refractivity contribution in [1.29, 1.82) is 0 Å². The van der Waals surface area contributed by atoms with Crippen LogP contribution in [0.3, 0.4) is 0 Å². The predicted octanol–water partition coefficient (Wildman–Crippen LogP) is 8.06. The summed E-state index contributed by atoms with van der Waals surface area (Å²) >= 11 is 0. The molecule has 9 aliphatic rings. The lowest BCUT2D eigenvalue weighted by atomic mass is 9.36. The number of aliphatic hydroxyl groups is 4. The molecule has 4 aromatic carbocycles. The van der Waals surface area contributed by atoms with E-state index >= 15 is 0 Å². The number of methoxy groups -OCH3 is 1. The summed E-state index contributed by atoms with van der Waals surface area (Å²) in [6, 6.07) is 16.1. The van der Waals surface area contributed by atoms with Gasteiger partial charge in [0, 0.05) is 82.6 Å². The largest absolute Gasteiger partial charge is 0.502 e. The number of anilines is 1. The van der Waals surface area contributed by atoms with Crippen molar-refractivity contribution in [1.82, 2.24) is 15.5 Å². The van der Waals surface area contributed by atoms with Gasteiger partial charge in [-0.15, -0.1) is 0 Å². The van der Waals surface area contributed by atoms with Crippen molar-refractivity contribution in [2.75, 3.05) is 72.3 Å². The first-order valence-corrected chi connectivity index (χ1v) is 30.2. The molecule has 16 heteroatoms. The fourth-order valence-electron chi connectivity index (χ4n) is 18.3. The first-order valence-electron chi connectivity index (χ1n) is 30.2. The van der Waals surface area contributed by atoms with Crippen molar-refractivity contribution in [2.45, 2.75) is 126 Å². The number of likely N-dealkylation sites (N-methyl/N-ethyl adjacent to an activating group) is 1. The Morgan fingerprint density at radius 1 is 0.864 bits per heavy atom. The summed E-state index contributed by atoms with van der Waals surface area (Å²) in [5.74, 6) is 1.92. The number of ether oxygens (including phenoxy) is 5. The van der Waals surface area contributed by atoms with Crippen LogP contribution in [0.5, 0.6) is 34.5 Å². The highest BCUT2D eigenvalue weighted by Gasteiger charge is 2.68. The van der Waals surface area contributed by atoms with E-state index < -0.39 is 35.1 Å². The van der Waals surface area contributed by atoms with E-state index in [0.717, 1.165) is 86.5 Å². The molecule has 16 nitrogen and oxygen atoms in total. The molecule has 12 unspecified atom stereocenters. The molecule has 2 bridgehead atoms. The minimum Gasteiger partial charge on any atom is -0.502 e. The molecule has 3 heterocycles. The van der Waals surface area contributed by atoms with Crippen LogP contribution in [0.25, 0.3) is 11.1 Å². The van der Waals surface area contributed by atoms with Crippen molar-refractivity contribution in [3.63, 3.8) is 0 Å². The molecular formula is C65H80N4O12. The van der Waals surface area contributed by atoms with E-state index in [1.807, 2.05) is 26.1 Å². The van der Waals surface area contributed by atoms with E-state index in [4.69, 9.17) is 23.7 Å². The molecular weight excluding hydrogens is 1030 g/mol. The average Bonchev–Trinajstić information content (AvgIpc) is 2.02. The average molecular weight is 1110 g/mol. The molecule has 4 fully saturated rings. The Balaban J connectivity index is 0.873. The Bertz CT molecular complexity index is 3100. The monoisotopic (exact) mass is 1110 g/mol. The number of imide groups is 1. The SMILES string of the molecule is CCNCOc1cc(OCCNC)c2c3c1C(O)Nc1cc4c(c(c1-3)CC2)C(O)C(c1cc(OC)c(O)c(OCC(CO)C23CC(C5(N6C(=O)C=CC6=O)CCCCC5)C5CCC(CCO)C6CC(CC2C65)c2ccccc23)c1)CO4. The van der Waals surface area contributed by atoms with Gasteiger partial charge in [-0.3, -0.25) is 19.8 Å². The van der Waals surface area contributed by atoms with Gasteiger partial charge in [0.05, 0.1) is 44.1 Å². The van der Waals surface area contributed by atoms with E-state index in [9.17, 15) is 35.1 Å². The number of nitrogens with one attached hydrogen (secondary N) is 3. The van der Waals surface area contributed by atoms with Crippen LogP contribution in [0.15, 0.2) is 60.7 Å². The van der Waals surface area contributed by atoms with Gasteiger partial charge in [-0.2, -0.15) is 0 Å². The number of aliphatic hydroxyl groups excluding tert-OH is 4. The molecule has 4 saturated carbocycles. The molecule has 432 valence electrons. The zero-order valence-corrected chi connectivity index (χ0v) is 47.0. The maximum absolute atomic E-state index is 14.1. The van der Waals surface area contributed by atoms with E-state index in [2.05, 4.69) is 40.2 Å². The fraction of sp³-hybridized carbons (Fsp3) is 0.569. The van der Waals surface area contributed by atoms with Crippen LogP contribution in [-0.2, 0) is 27.8 Å². The normalized spacial score (nSPS) is 30.1. The number of benzene rings is 4. The van der Waals surface area contributed by atoms with Gasteiger partial charge in [-0.25, -0.2) is 0 Å². The van der Waals surface area contributed by atoms with Crippen LogP contribution in [0, 0.1) is 41.4 Å². The number of phenolic OH excluding ortho intramolecular Hbond substituents is 1. The maximum atomic E-state index is 14.1. The van der Waals surface area contributed by atoms with Crippen LogP contribution >= 0.6 is 0 Å². The Morgan fingerprint density at radius 3 is 2.42 bits per heavy atom. The third-order valence-corrected chi connectivity index (χ3v) is 21.5. The summed E-state index contributed by atoms with van der Waals surface area (Å²) in [6.07, 6.45) is 11.7. The highest BCUT2D eigenvalue weighted by atomic mass is 16.5. The number of hydrogen-bond acceptors (Lipinski definition) is 15. The quantitative estimate of drug-likeness (QED) is 0.0253. The number of nitrogens with zero attached hydrogens (tertiary/aromatic N) is 1. The summed E-state index contributed by atoms with van der Waals surface area (Å²) in [4.78, 5) is 29.9. The zero-order valence-electron chi connectivity index (χ0n) is 47.0. The number of carbonyl (C=O) groups is 2. The summed E-state index contributed by atoms with van der Waals surface area (Å²) in [5, 5.41) is 69.1. The molecule has 2 amide bonds. The molecule has 13 rings (SSSR count). The van der Waals surface area contributed by atoms with Gasteiger partial charge in [-0.05, 0) is 154 Å². The van der Waals surface area contributed by atoms with Gasteiger partial charge in [0.25, 0.3) is 11.8 Å². The third-order valence-electron chi connectivity index (χ3n) is 21.5.